The summed E-state index contributed by atoms with van der Waals surface area (Å²) >= 11 is 0. The molecule has 2 aromatic rings. The number of aromatic nitrogens is 1. The number of anilines is 1. The standard InChI is InChI=1S/C22H24F6N4O2/c1-11-17(13-6-14(23)8-15(7-13)34-20(24)25)18(32-5-4-21(3,29)10-32)16(9-30-11)19(33)31-12(2)22(26,27)28/h6-9,12,20H,4-5,10,29H2,1-3H3,(H,31,33)/t12?,21-/m0/s1. The number of rotatable bonds is 6. The maximum Gasteiger partial charge on any atom is 0.408 e. The Morgan fingerprint density at radius 1 is 1.29 bits per heavy atom. The van der Waals surface area contributed by atoms with Crippen LogP contribution < -0.4 is 20.7 Å². The van der Waals surface area contributed by atoms with Crippen molar-refractivity contribution in [2.75, 3.05) is 18.0 Å². The fourth-order valence-corrected chi connectivity index (χ4v) is 3.84. The van der Waals surface area contributed by atoms with Gasteiger partial charge < -0.3 is 20.7 Å². The number of hydrogen-bond donors (Lipinski definition) is 2. The van der Waals surface area contributed by atoms with Gasteiger partial charge in [0.05, 0.1) is 11.3 Å². The van der Waals surface area contributed by atoms with E-state index < -0.39 is 41.8 Å². The minimum atomic E-state index is -4.68. The lowest BCUT2D eigenvalue weighted by Gasteiger charge is -2.28. The third kappa shape index (κ3) is 5.72. The van der Waals surface area contributed by atoms with E-state index in [1.807, 2.05) is 5.32 Å². The van der Waals surface area contributed by atoms with E-state index in [9.17, 15) is 31.1 Å². The van der Waals surface area contributed by atoms with Gasteiger partial charge in [0.2, 0.25) is 0 Å². The second kappa shape index (κ2) is 9.32. The topological polar surface area (TPSA) is 80.5 Å². The average molecular weight is 490 g/mol. The second-order valence-electron chi connectivity index (χ2n) is 8.60. The number of pyridine rings is 1. The Balaban J connectivity index is 2.19. The summed E-state index contributed by atoms with van der Waals surface area (Å²) < 4.78 is 83.3. The maximum absolute atomic E-state index is 14.3. The van der Waals surface area contributed by atoms with Gasteiger partial charge in [0.1, 0.15) is 17.6 Å². The molecule has 12 heteroatoms. The predicted octanol–water partition coefficient (Wildman–Crippen LogP) is 4.41. The van der Waals surface area contributed by atoms with Crippen molar-refractivity contribution in [3.05, 3.63) is 41.5 Å². The summed E-state index contributed by atoms with van der Waals surface area (Å²) in [6.45, 7) is 1.53. The molecule has 1 saturated heterocycles. The van der Waals surface area contributed by atoms with E-state index in [0.29, 0.717) is 18.7 Å². The Morgan fingerprint density at radius 2 is 1.97 bits per heavy atom. The Hall–Kier alpha value is -3.02. The molecule has 2 atom stereocenters. The van der Waals surface area contributed by atoms with Crippen LogP contribution in [0, 0.1) is 12.7 Å². The molecular formula is C22H24F6N4O2. The molecule has 1 aromatic carbocycles. The number of nitrogens with two attached hydrogens (primary N) is 1. The van der Waals surface area contributed by atoms with Crippen LogP contribution in [-0.4, -0.2) is 48.3 Å². The molecule has 34 heavy (non-hydrogen) atoms. The SMILES string of the molecule is Cc1ncc(C(=O)NC(C)C(F)(F)F)c(N2CC[C@](C)(N)C2)c1-c1cc(F)cc(OC(F)F)c1. The molecule has 0 spiro atoms. The van der Waals surface area contributed by atoms with Crippen molar-refractivity contribution in [1.29, 1.82) is 0 Å². The minimum Gasteiger partial charge on any atom is -0.435 e. The molecular weight excluding hydrogens is 466 g/mol. The summed E-state index contributed by atoms with van der Waals surface area (Å²) in [5.74, 6) is -2.38. The van der Waals surface area contributed by atoms with Crippen molar-refractivity contribution in [1.82, 2.24) is 10.3 Å². The van der Waals surface area contributed by atoms with Gasteiger partial charge in [-0.05, 0) is 44.9 Å². The highest BCUT2D eigenvalue weighted by molar-refractivity contribution is 6.04. The zero-order chi connectivity index (χ0) is 25.4. The van der Waals surface area contributed by atoms with Crippen LogP contribution in [-0.2, 0) is 0 Å². The van der Waals surface area contributed by atoms with Gasteiger partial charge in [0.15, 0.2) is 0 Å². The lowest BCUT2D eigenvalue weighted by atomic mass is 9.97. The molecule has 186 valence electrons. The summed E-state index contributed by atoms with van der Waals surface area (Å²) in [7, 11) is 0. The first-order valence-electron chi connectivity index (χ1n) is 10.3. The Labute approximate surface area is 192 Å². The lowest BCUT2D eigenvalue weighted by molar-refractivity contribution is -0.149. The number of aryl methyl sites for hydroxylation is 1. The van der Waals surface area contributed by atoms with Crippen LogP contribution in [0.5, 0.6) is 5.75 Å². The molecule has 1 unspecified atom stereocenters. The molecule has 1 aliphatic heterocycles. The van der Waals surface area contributed by atoms with Gasteiger partial charge in [0, 0.05) is 42.1 Å². The minimum absolute atomic E-state index is 0.0693. The van der Waals surface area contributed by atoms with E-state index >= 15 is 0 Å². The Morgan fingerprint density at radius 3 is 2.53 bits per heavy atom. The maximum atomic E-state index is 14.3. The highest BCUT2D eigenvalue weighted by Gasteiger charge is 2.39. The van der Waals surface area contributed by atoms with Gasteiger partial charge in [-0.1, -0.05) is 0 Å². The van der Waals surface area contributed by atoms with Crippen LogP contribution in [0.15, 0.2) is 24.4 Å². The number of nitrogens with zero attached hydrogens (tertiary/aromatic N) is 2. The van der Waals surface area contributed by atoms with Crippen molar-refractivity contribution < 1.29 is 35.9 Å². The average Bonchev–Trinajstić information content (AvgIpc) is 3.05. The van der Waals surface area contributed by atoms with E-state index in [1.165, 1.54) is 0 Å². The first kappa shape index (κ1) is 25.6. The third-order valence-corrected chi connectivity index (χ3v) is 5.53. The number of amides is 1. The summed E-state index contributed by atoms with van der Waals surface area (Å²) in [6.07, 6.45) is -3.03. The van der Waals surface area contributed by atoms with Crippen LogP contribution in [0.25, 0.3) is 11.1 Å². The predicted molar refractivity (Wildman–Crippen MR) is 113 cm³/mol. The number of hydrogen-bond acceptors (Lipinski definition) is 5. The van der Waals surface area contributed by atoms with Crippen molar-refractivity contribution in [2.45, 2.75) is 51.6 Å². The first-order valence-corrected chi connectivity index (χ1v) is 10.3. The van der Waals surface area contributed by atoms with Crippen LogP contribution in [0.2, 0.25) is 0 Å². The zero-order valence-corrected chi connectivity index (χ0v) is 18.6. The number of carbonyl (C=O) groups is 1. The van der Waals surface area contributed by atoms with Gasteiger partial charge in [-0.15, -0.1) is 0 Å². The van der Waals surface area contributed by atoms with Crippen LogP contribution in [0.4, 0.5) is 32.0 Å². The third-order valence-electron chi connectivity index (χ3n) is 5.53. The van der Waals surface area contributed by atoms with Crippen molar-refractivity contribution in [2.24, 2.45) is 5.73 Å². The highest BCUT2D eigenvalue weighted by Crippen LogP contribution is 2.40. The van der Waals surface area contributed by atoms with Crippen molar-refractivity contribution in [3.63, 3.8) is 0 Å². The molecule has 0 bridgehead atoms. The lowest BCUT2D eigenvalue weighted by Crippen LogP contribution is -2.44. The summed E-state index contributed by atoms with van der Waals surface area (Å²) in [5, 5.41) is 1.91. The molecule has 1 amide bonds. The number of carbonyl (C=O) groups excluding carboxylic acids is 1. The molecule has 0 radical (unpaired) electrons. The van der Waals surface area contributed by atoms with E-state index in [2.05, 4.69) is 9.72 Å². The molecule has 0 aliphatic carbocycles. The van der Waals surface area contributed by atoms with Gasteiger partial charge in [-0.3, -0.25) is 9.78 Å². The van der Waals surface area contributed by atoms with E-state index in [4.69, 9.17) is 5.73 Å². The molecule has 0 saturated carbocycles. The molecule has 6 nitrogen and oxygen atoms in total. The Kier molecular flexibility index (Phi) is 7.02. The number of benzene rings is 1. The van der Waals surface area contributed by atoms with Gasteiger partial charge >= 0.3 is 12.8 Å². The molecule has 3 N–H and O–H groups in total. The number of halogens is 6. The molecule has 1 fully saturated rings. The highest BCUT2D eigenvalue weighted by atomic mass is 19.4. The van der Waals surface area contributed by atoms with Gasteiger partial charge in [-0.2, -0.15) is 22.0 Å². The summed E-state index contributed by atoms with van der Waals surface area (Å²) in [6, 6.07) is 0.826. The fourth-order valence-electron chi connectivity index (χ4n) is 3.84. The van der Waals surface area contributed by atoms with Gasteiger partial charge in [0.25, 0.3) is 5.91 Å². The molecule has 2 heterocycles. The summed E-state index contributed by atoms with van der Waals surface area (Å²) in [4.78, 5) is 18.7. The fraction of sp³-hybridized carbons (Fsp3) is 0.455. The monoisotopic (exact) mass is 490 g/mol. The van der Waals surface area contributed by atoms with E-state index in [0.717, 1.165) is 31.3 Å². The second-order valence-corrected chi connectivity index (χ2v) is 8.60. The van der Waals surface area contributed by atoms with E-state index in [-0.39, 0.29) is 28.9 Å². The van der Waals surface area contributed by atoms with Gasteiger partial charge in [-0.25, -0.2) is 4.39 Å². The van der Waals surface area contributed by atoms with Crippen LogP contribution >= 0.6 is 0 Å². The van der Waals surface area contributed by atoms with Crippen LogP contribution in [0.1, 0.15) is 36.3 Å². The molecule has 1 aliphatic rings. The number of alkyl halides is 5. The number of nitrogens with one attached hydrogen (secondary N) is 1. The first-order chi connectivity index (χ1) is 15.7. The van der Waals surface area contributed by atoms with E-state index in [1.54, 1.807) is 18.7 Å². The Bertz CT molecular complexity index is 1070. The largest absolute Gasteiger partial charge is 0.435 e. The normalized spacial score (nSPS) is 19.4. The smallest absolute Gasteiger partial charge is 0.408 e. The summed E-state index contributed by atoms with van der Waals surface area (Å²) in [5.41, 5.74) is 6.14. The van der Waals surface area contributed by atoms with Crippen LogP contribution in [0.3, 0.4) is 0 Å². The molecule has 1 aromatic heterocycles. The number of ether oxygens (including phenoxy) is 1. The molecule has 3 rings (SSSR count). The zero-order valence-electron chi connectivity index (χ0n) is 18.6. The quantitative estimate of drug-likeness (QED) is 0.587. The van der Waals surface area contributed by atoms with Crippen molar-refractivity contribution in [3.8, 4) is 16.9 Å². The van der Waals surface area contributed by atoms with Crippen molar-refractivity contribution >= 4 is 11.6 Å².